The first-order valence-electron chi connectivity index (χ1n) is 4.69. The molecule has 0 spiro atoms. The van der Waals surface area contributed by atoms with E-state index in [0.717, 1.165) is 0 Å². The Morgan fingerprint density at radius 3 is 2.62 bits per heavy atom. The number of alkyl halides is 2. The summed E-state index contributed by atoms with van der Waals surface area (Å²) in [5.74, 6) is -2.67. The van der Waals surface area contributed by atoms with Gasteiger partial charge in [-0.3, -0.25) is 0 Å². The minimum absolute atomic E-state index is 0.304. The molecule has 6 heteroatoms. The van der Waals surface area contributed by atoms with E-state index in [1.165, 1.54) is 30.3 Å². The van der Waals surface area contributed by atoms with Gasteiger partial charge in [-0.15, -0.1) is 0 Å². The number of aromatic nitrogens is 1. The Kier molecular flexibility index (Phi) is 2.49. The second-order valence-electron chi connectivity index (χ2n) is 3.61. The number of hydrogen-bond donors (Lipinski definition) is 0. The number of hydrogen-bond acceptors (Lipinski definition) is 4. The highest BCUT2D eigenvalue weighted by Gasteiger charge is 2.44. The maximum Gasteiger partial charge on any atom is 0.339 e. The molecule has 0 amide bonds. The molecular weight excluding hydrogens is 218 g/mol. The minimum atomic E-state index is -2.62. The fraction of sp³-hybridized carbons (Fsp3) is 0.400. The number of esters is 1. The molecule has 0 aromatic carbocycles. The highest BCUT2D eigenvalue weighted by Crippen LogP contribution is 2.30. The summed E-state index contributed by atoms with van der Waals surface area (Å²) in [6, 6.07) is 3.03. The van der Waals surface area contributed by atoms with Gasteiger partial charge in [0.1, 0.15) is 5.82 Å². The Morgan fingerprint density at radius 2 is 2.19 bits per heavy atom. The lowest BCUT2D eigenvalue weighted by Crippen LogP contribution is -2.56. The van der Waals surface area contributed by atoms with Crippen LogP contribution >= 0.6 is 0 Å². The predicted molar refractivity (Wildman–Crippen MR) is 52.7 cm³/mol. The highest BCUT2D eigenvalue weighted by atomic mass is 19.3. The maximum absolute atomic E-state index is 12.6. The van der Waals surface area contributed by atoms with E-state index in [2.05, 4.69) is 9.72 Å². The van der Waals surface area contributed by atoms with Gasteiger partial charge in [-0.1, -0.05) is 0 Å². The molecule has 0 saturated carbocycles. The second kappa shape index (κ2) is 3.70. The van der Waals surface area contributed by atoms with Crippen LogP contribution in [0.25, 0.3) is 0 Å². The van der Waals surface area contributed by atoms with Gasteiger partial charge in [0.05, 0.1) is 25.8 Å². The molecule has 0 unspecified atom stereocenters. The Labute approximate surface area is 90.8 Å². The van der Waals surface area contributed by atoms with Crippen LogP contribution in [0.1, 0.15) is 10.4 Å². The van der Waals surface area contributed by atoms with Crippen molar-refractivity contribution in [3.63, 3.8) is 0 Å². The number of carbonyl (C=O) groups excluding carboxylic acids is 1. The second-order valence-corrected chi connectivity index (χ2v) is 3.61. The zero-order chi connectivity index (χ0) is 11.8. The Bertz CT molecular complexity index is 398. The van der Waals surface area contributed by atoms with Gasteiger partial charge in [0.2, 0.25) is 0 Å². The summed E-state index contributed by atoms with van der Waals surface area (Å²) < 4.78 is 29.7. The fourth-order valence-corrected chi connectivity index (χ4v) is 1.49. The number of nitrogens with zero attached hydrogens (tertiary/aromatic N) is 2. The third kappa shape index (κ3) is 1.95. The molecule has 86 valence electrons. The van der Waals surface area contributed by atoms with Crippen molar-refractivity contribution in [3.8, 4) is 0 Å². The van der Waals surface area contributed by atoms with E-state index in [0.29, 0.717) is 11.4 Å². The van der Waals surface area contributed by atoms with Gasteiger partial charge in [0, 0.05) is 6.20 Å². The molecule has 1 fully saturated rings. The van der Waals surface area contributed by atoms with Crippen molar-refractivity contribution in [2.24, 2.45) is 0 Å². The molecule has 0 atom stereocenters. The van der Waals surface area contributed by atoms with Crippen molar-refractivity contribution in [2.45, 2.75) is 5.92 Å². The van der Waals surface area contributed by atoms with Crippen LogP contribution in [-0.2, 0) is 4.74 Å². The minimum Gasteiger partial charge on any atom is -0.465 e. The van der Waals surface area contributed by atoms with Crippen molar-refractivity contribution in [1.29, 1.82) is 0 Å². The molecule has 1 aliphatic heterocycles. The number of rotatable bonds is 2. The van der Waals surface area contributed by atoms with Gasteiger partial charge in [-0.25, -0.2) is 18.6 Å². The zero-order valence-electron chi connectivity index (χ0n) is 8.61. The lowest BCUT2D eigenvalue weighted by atomic mass is 10.1. The maximum atomic E-state index is 12.6. The summed E-state index contributed by atoms with van der Waals surface area (Å²) in [6.45, 7) is -0.644. The fourth-order valence-electron chi connectivity index (χ4n) is 1.49. The molecule has 1 saturated heterocycles. The SMILES string of the molecule is COC(=O)c1ccc(N2CC(F)(F)C2)nc1. The van der Waals surface area contributed by atoms with E-state index < -0.39 is 11.9 Å². The Morgan fingerprint density at radius 1 is 1.50 bits per heavy atom. The van der Waals surface area contributed by atoms with Crippen molar-refractivity contribution >= 4 is 11.8 Å². The van der Waals surface area contributed by atoms with Crippen LogP contribution in [0.3, 0.4) is 0 Å². The smallest absolute Gasteiger partial charge is 0.339 e. The van der Waals surface area contributed by atoms with Crippen LogP contribution in [0, 0.1) is 0 Å². The lowest BCUT2D eigenvalue weighted by Gasteiger charge is -2.39. The summed E-state index contributed by atoms with van der Waals surface area (Å²) in [4.78, 5) is 16.5. The van der Waals surface area contributed by atoms with Crippen LogP contribution in [0.4, 0.5) is 14.6 Å². The van der Waals surface area contributed by atoms with Crippen LogP contribution < -0.4 is 4.90 Å². The molecule has 4 nitrogen and oxygen atoms in total. The number of ether oxygens (including phenoxy) is 1. The van der Waals surface area contributed by atoms with E-state index in [9.17, 15) is 13.6 Å². The van der Waals surface area contributed by atoms with E-state index >= 15 is 0 Å². The van der Waals surface area contributed by atoms with E-state index in [1.54, 1.807) is 0 Å². The third-order valence-corrected chi connectivity index (χ3v) is 2.34. The van der Waals surface area contributed by atoms with Crippen molar-refractivity contribution in [2.75, 3.05) is 25.1 Å². The van der Waals surface area contributed by atoms with Gasteiger partial charge in [-0.05, 0) is 12.1 Å². The predicted octanol–water partition coefficient (Wildman–Crippen LogP) is 1.32. The first-order chi connectivity index (χ1) is 7.52. The van der Waals surface area contributed by atoms with Crippen LogP contribution in [-0.4, -0.2) is 37.1 Å². The van der Waals surface area contributed by atoms with Gasteiger partial charge in [0.25, 0.3) is 5.92 Å². The monoisotopic (exact) mass is 228 g/mol. The summed E-state index contributed by atoms with van der Waals surface area (Å²) in [6.07, 6.45) is 1.32. The van der Waals surface area contributed by atoms with Gasteiger partial charge in [-0.2, -0.15) is 0 Å². The average Bonchev–Trinajstić information content (AvgIpc) is 2.25. The average molecular weight is 228 g/mol. The van der Waals surface area contributed by atoms with Crippen molar-refractivity contribution in [3.05, 3.63) is 23.9 Å². The normalized spacial score (nSPS) is 17.8. The summed E-state index contributed by atoms with van der Waals surface area (Å²) in [7, 11) is 1.27. The summed E-state index contributed by atoms with van der Waals surface area (Å²) in [5.41, 5.74) is 0.304. The topological polar surface area (TPSA) is 42.4 Å². The van der Waals surface area contributed by atoms with Gasteiger partial charge in [0.15, 0.2) is 0 Å². The van der Waals surface area contributed by atoms with Crippen LogP contribution in [0.15, 0.2) is 18.3 Å². The van der Waals surface area contributed by atoms with Crippen molar-refractivity contribution < 1.29 is 18.3 Å². The van der Waals surface area contributed by atoms with E-state index in [4.69, 9.17) is 0 Å². The van der Waals surface area contributed by atoms with E-state index in [-0.39, 0.29) is 13.1 Å². The summed E-state index contributed by atoms with van der Waals surface area (Å²) >= 11 is 0. The molecule has 1 aromatic rings. The number of anilines is 1. The zero-order valence-corrected chi connectivity index (χ0v) is 8.61. The molecule has 0 radical (unpaired) electrons. The molecule has 16 heavy (non-hydrogen) atoms. The molecule has 1 aromatic heterocycles. The van der Waals surface area contributed by atoms with Gasteiger partial charge < -0.3 is 9.64 Å². The Balaban J connectivity index is 2.06. The highest BCUT2D eigenvalue weighted by molar-refractivity contribution is 5.89. The number of pyridine rings is 1. The molecule has 0 N–H and O–H groups in total. The first kappa shape index (κ1) is 10.8. The molecule has 0 aliphatic carbocycles. The molecule has 0 bridgehead atoms. The van der Waals surface area contributed by atoms with E-state index in [1.807, 2.05) is 0 Å². The lowest BCUT2D eigenvalue weighted by molar-refractivity contribution is -0.0267. The number of carbonyl (C=O) groups is 1. The quantitative estimate of drug-likeness (QED) is 0.716. The van der Waals surface area contributed by atoms with Crippen LogP contribution in [0.2, 0.25) is 0 Å². The largest absolute Gasteiger partial charge is 0.465 e. The molecular formula is C10H10F2N2O2. The number of halogens is 2. The number of methoxy groups -OCH3 is 1. The third-order valence-electron chi connectivity index (χ3n) is 2.34. The van der Waals surface area contributed by atoms with Crippen LogP contribution in [0.5, 0.6) is 0 Å². The first-order valence-corrected chi connectivity index (χ1v) is 4.69. The standard InChI is InChI=1S/C10H10F2N2O2/c1-16-9(15)7-2-3-8(13-4-7)14-5-10(11,12)6-14/h2-4H,5-6H2,1H3. The molecule has 2 heterocycles. The van der Waals surface area contributed by atoms with Gasteiger partial charge >= 0.3 is 5.97 Å². The Hall–Kier alpha value is -1.72. The molecule has 1 aliphatic rings. The summed E-state index contributed by atoms with van der Waals surface area (Å²) in [5, 5.41) is 0. The van der Waals surface area contributed by atoms with Crippen molar-refractivity contribution in [1.82, 2.24) is 4.98 Å². The molecule has 2 rings (SSSR count).